The average molecular weight is 462 g/mol. The maximum Gasteiger partial charge on any atom is 0.223 e. The Bertz CT molecular complexity index is 594. The van der Waals surface area contributed by atoms with E-state index in [1.807, 2.05) is 25.6 Å². The van der Waals surface area contributed by atoms with Gasteiger partial charge in [-0.25, -0.2) is 0 Å². The molecule has 0 spiro atoms. The second-order valence-corrected chi connectivity index (χ2v) is 6.28. The van der Waals surface area contributed by atoms with Crippen LogP contribution in [0.1, 0.15) is 36.7 Å². The Morgan fingerprint density at radius 2 is 1.92 bits per heavy atom. The predicted molar refractivity (Wildman–Crippen MR) is 112 cm³/mol. The first-order valence-corrected chi connectivity index (χ1v) is 8.81. The summed E-state index contributed by atoms with van der Waals surface area (Å²) in [6.45, 7) is 8.99. The standard InChI is InChI=1S/C17H30N6O.HI/c1-5-18-17(21-11-10-19-16(24)14-6-7-14)20-9-8-15-12(2)22-23(4)13(15)3;/h14H,5-11H2,1-4H3,(H,19,24)(H2,18,20,21);1H. The number of rotatable bonds is 8. The third-order valence-electron chi connectivity index (χ3n) is 4.30. The van der Waals surface area contributed by atoms with Crippen LogP contribution < -0.4 is 16.0 Å². The van der Waals surface area contributed by atoms with Crippen molar-refractivity contribution in [1.82, 2.24) is 25.7 Å². The van der Waals surface area contributed by atoms with E-state index in [2.05, 4.69) is 33.0 Å². The van der Waals surface area contributed by atoms with Gasteiger partial charge < -0.3 is 16.0 Å². The fourth-order valence-corrected chi connectivity index (χ4v) is 2.66. The Balaban J connectivity index is 0.00000312. The Hall–Kier alpha value is -1.32. The highest BCUT2D eigenvalue weighted by Crippen LogP contribution is 2.28. The molecule has 0 aliphatic heterocycles. The lowest BCUT2D eigenvalue weighted by Gasteiger charge is -2.12. The Morgan fingerprint density at radius 3 is 2.48 bits per heavy atom. The number of hydrogen-bond donors (Lipinski definition) is 3. The molecule has 1 aromatic rings. The molecule has 0 bridgehead atoms. The lowest BCUT2D eigenvalue weighted by molar-refractivity contribution is -0.122. The number of aryl methyl sites for hydroxylation is 2. The SMILES string of the molecule is CCNC(=NCCc1c(C)nn(C)c1C)NCCNC(=O)C1CC1.I. The van der Waals surface area contributed by atoms with Crippen molar-refractivity contribution in [3.05, 3.63) is 17.0 Å². The van der Waals surface area contributed by atoms with Gasteiger partial charge >= 0.3 is 0 Å². The Morgan fingerprint density at radius 1 is 1.24 bits per heavy atom. The molecular weight excluding hydrogens is 431 g/mol. The predicted octanol–water partition coefficient (Wildman–Crippen LogP) is 1.28. The van der Waals surface area contributed by atoms with Crippen LogP contribution in [0.3, 0.4) is 0 Å². The van der Waals surface area contributed by atoms with E-state index in [9.17, 15) is 4.79 Å². The molecule has 0 aromatic carbocycles. The quantitative estimate of drug-likeness (QED) is 0.235. The van der Waals surface area contributed by atoms with Crippen LogP contribution in [0.2, 0.25) is 0 Å². The van der Waals surface area contributed by atoms with Gasteiger partial charge in [-0.3, -0.25) is 14.5 Å². The summed E-state index contributed by atoms with van der Waals surface area (Å²) in [6, 6.07) is 0. The molecule has 1 aromatic heterocycles. The topological polar surface area (TPSA) is 83.3 Å². The van der Waals surface area contributed by atoms with Gasteiger partial charge in [0.1, 0.15) is 0 Å². The molecule has 1 amide bonds. The summed E-state index contributed by atoms with van der Waals surface area (Å²) in [5.41, 5.74) is 3.54. The van der Waals surface area contributed by atoms with E-state index in [1.165, 1.54) is 11.3 Å². The maximum atomic E-state index is 11.6. The van der Waals surface area contributed by atoms with Crippen molar-refractivity contribution in [2.75, 3.05) is 26.2 Å². The Labute approximate surface area is 167 Å². The minimum Gasteiger partial charge on any atom is -0.357 e. The summed E-state index contributed by atoms with van der Waals surface area (Å²) < 4.78 is 1.92. The van der Waals surface area contributed by atoms with Crippen molar-refractivity contribution in [2.24, 2.45) is 18.0 Å². The van der Waals surface area contributed by atoms with Crippen LogP contribution in [0, 0.1) is 19.8 Å². The van der Waals surface area contributed by atoms with Crippen LogP contribution in [0.5, 0.6) is 0 Å². The van der Waals surface area contributed by atoms with Crippen LogP contribution >= 0.6 is 24.0 Å². The second kappa shape index (κ2) is 10.6. The average Bonchev–Trinajstić information content (AvgIpc) is 3.35. The van der Waals surface area contributed by atoms with Crippen LogP contribution in [0.15, 0.2) is 4.99 Å². The van der Waals surface area contributed by atoms with Crippen molar-refractivity contribution >= 4 is 35.8 Å². The van der Waals surface area contributed by atoms with Gasteiger partial charge in [0, 0.05) is 44.8 Å². The third kappa shape index (κ3) is 6.83. The number of hydrogen-bond acceptors (Lipinski definition) is 3. The molecular formula is C17H31IN6O. The molecule has 0 atom stereocenters. The monoisotopic (exact) mass is 462 g/mol. The molecule has 1 aliphatic rings. The fraction of sp³-hybridized carbons (Fsp3) is 0.706. The zero-order valence-electron chi connectivity index (χ0n) is 15.7. The van der Waals surface area contributed by atoms with Crippen molar-refractivity contribution in [2.45, 2.75) is 40.0 Å². The summed E-state index contributed by atoms with van der Waals surface area (Å²) in [5.74, 6) is 1.23. The first-order chi connectivity index (χ1) is 11.5. The van der Waals surface area contributed by atoms with E-state index < -0.39 is 0 Å². The van der Waals surface area contributed by atoms with Gasteiger partial charge in [0.2, 0.25) is 5.91 Å². The molecule has 1 fully saturated rings. The normalized spacial score (nSPS) is 14.0. The number of guanidine groups is 1. The van der Waals surface area contributed by atoms with E-state index >= 15 is 0 Å². The van der Waals surface area contributed by atoms with Gasteiger partial charge in [-0.1, -0.05) is 0 Å². The van der Waals surface area contributed by atoms with E-state index in [0.29, 0.717) is 19.6 Å². The number of halogens is 1. The minimum atomic E-state index is 0. The number of amides is 1. The molecule has 0 radical (unpaired) electrons. The molecule has 2 rings (SSSR count). The highest BCUT2D eigenvalue weighted by molar-refractivity contribution is 14.0. The summed E-state index contributed by atoms with van der Waals surface area (Å²) >= 11 is 0. The van der Waals surface area contributed by atoms with Gasteiger partial charge in [0.25, 0.3) is 0 Å². The van der Waals surface area contributed by atoms with E-state index in [0.717, 1.165) is 37.5 Å². The van der Waals surface area contributed by atoms with Gasteiger partial charge in [-0.15, -0.1) is 24.0 Å². The molecule has 1 heterocycles. The van der Waals surface area contributed by atoms with Crippen molar-refractivity contribution < 1.29 is 4.79 Å². The smallest absolute Gasteiger partial charge is 0.223 e. The summed E-state index contributed by atoms with van der Waals surface area (Å²) in [6.07, 6.45) is 2.95. The first-order valence-electron chi connectivity index (χ1n) is 8.81. The molecule has 0 saturated heterocycles. The first kappa shape index (κ1) is 21.7. The lowest BCUT2D eigenvalue weighted by atomic mass is 10.1. The van der Waals surface area contributed by atoms with Gasteiger partial charge in [0.05, 0.1) is 5.69 Å². The molecule has 8 heteroatoms. The third-order valence-corrected chi connectivity index (χ3v) is 4.30. The van der Waals surface area contributed by atoms with Crippen LogP contribution in [0.4, 0.5) is 0 Å². The number of carbonyl (C=O) groups is 1. The van der Waals surface area contributed by atoms with Crippen molar-refractivity contribution in [3.8, 4) is 0 Å². The number of nitrogens with zero attached hydrogens (tertiary/aromatic N) is 3. The molecule has 3 N–H and O–H groups in total. The van der Waals surface area contributed by atoms with Gasteiger partial charge in [-0.05, 0) is 45.6 Å². The Kier molecular flexibility index (Phi) is 9.23. The second-order valence-electron chi connectivity index (χ2n) is 6.28. The number of aliphatic imine (C=N–C) groups is 1. The van der Waals surface area contributed by atoms with E-state index in [4.69, 9.17) is 0 Å². The molecule has 7 nitrogen and oxygen atoms in total. The number of nitrogens with one attached hydrogen (secondary N) is 3. The maximum absolute atomic E-state index is 11.6. The largest absolute Gasteiger partial charge is 0.357 e. The molecule has 1 saturated carbocycles. The van der Waals surface area contributed by atoms with Crippen LogP contribution in [0.25, 0.3) is 0 Å². The highest BCUT2D eigenvalue weighted by Gasteiger charge is 2.28. The molecule has 25 heavy (non-hydrogen) atoms. The molecule has 1 aliphatic carbocycles. The van der Waals surface area contributed by atoms with Gasteiger partial charge in [0.15, 0.2) is 5.96 Å². The number of aromatic nitrogens is 2. The van der Waals surface area contributed by atoms with Crippen LogP contribution in [-0.2, 0) is 18.3 Å². The summed E-state index contributed by atoms with van der Waals surface area (Å²) in [5, 5.41) is 13.9. The van der Waals surface area contributed by atoms with Gasteiger partial charge in [-0.2, -0.15) is 5.10 Å². The van der Waals surface area contributed by atoms with Crippen LogP contribution in [-0.4, -0.2) is 47.8 Å². The molecule has 0 unspecified atom stereocenters. The zero-order valence-corrected chi connectivity index (χ0v) is 18.0. The summed E-state index contributed by atoms with van der Waals surface area (Å²) in [4.78, 5) is 16.2. The van der Waals surface area contributed by atoms with Crippen molar-refractivity contribution in [1.29, 1.82) is 0 Å². The fourth-order valence-electron chi connectivity index (χ4n) is 2.66. The molecule has 142 valence electrons. The minimum absolute atomic E-state index is 0. The summed E-state index contributed by atoms with van der Waals surface area (Å²) in [7, 11) is 1.97. The van der Waals surface area contributed by atoms with E-state index in [-0.39, 0.29) is 35.8 Å². The number of carbonyl (C=O) groups excluding carboxylic acids is 1. The van der Waals surface area contributed by atoms with Crippen molar-refractivity contribution in [3.63, 3.8) is 0 Å². The highest BCUT2D eigenvalue weighted by atomic mass is 127. The zero-order chi connectivity index (χ0) is 17.5. The van der Waals surface area contributed by atoms with E-state index in [1.54, 1.807) is 0 Å². The lowest BCUT2D eigenvalue weighted by Crippen LogP contribution is -2.41.